The molecule has 3 amide bonds. The maximum absolute atomic E-state index is 12.2. The fourth-order valence-electron chi connectivity index (χ4n) is 2.16. The number of hydrogen-bond acceptors (Lipinski definition) is 5. The Morgan fingerprint density at radius 2 is 1.81 bits per heavy atom. The molecule has 8 heteroatoms. The van der Waals surface area contributed by atoms with Crippen LogP contribution in [0.5, 0.6) is 0 Å². The van der Waals surface area contributed by atoms with Crippen molar-refractivity contribution in [1.82, 2.24) is 20.3 Å². The van der Waals surface area contributed by atoms with E-state index >= 15 is 0 Å². The van der Waals surface area contributed by atoms with Crippen LogP contribution in [0.4, 0.5) is 0 Å². The van der Waals surface area contributed by atoms with Crippen molar-refractivity contribution in [2.24, 2.45) is 0 Å². The lowest BCUT2D eigenvalue weighted by atomic mass is 10.1. The highest BCUT2D eigenvalue weighted by Crippen LogP contribution is 2.19. The third kappa shape index (κ3) is 4.92. The lowest BCUT2D eigenvalue weighted by molar-refractivity contribution is -0.138. The molecule has 0 bridgehead atoms. The van der Waals surface area contributed by atoms with E-state index < -0.39 is 5.91 Å². The Kier molecular flexibility index (Phi) is 6.48. The van der Waals surface area contributed by atoms with Gasteiger partial charge >= 0.3 is 0 Å². The Morgan fingerprint density at radius 1 is 1.12 bits per heavy atom. The number of nitrogens with one attached hydrogen (secondary N) is 1. The molecule has 0 unspecified atom stereocenters. The number of amides is 3. The summed E-state index contributed by atoms with van der Waals surface area (Å²) in [5, 5.41) is 6.24. The van der Waals surface area contributed by atoms with Gasteiger partial charge < -0.3 is 19.6 Å². The van der Waals surface area contributed by atoms with Crippen LogP contribution in [0.25, 0.3) is 11.3 Å². The van der Waals surface area contributed by atoms with Crippen LogP contribution in [-0.2, 0) is 9.59 Å². The minimum atomic E-state index is -0.515. The molecule has 138 valence electrons. The molecule has 1 aromatic heterocycles. The highest BCUT2D eigenvalue weighted by Gasteiger charge is 2.19. The third-order valence-electron chi connectivity index (χ3n) is 3.76. The molecule has 0 saturated heterocycles. The van der Waals surface area contributed by atoms with Gasteiger partial charge in [0.1, 0.15) is 0 Å². The third-order valence-corrected chi connectivity index (χ3v) is 3.76. The van der Waals surface area contributed by atoms with Crippen molar-refractivity contribution in [3.63, 3.8) is 0 Å². The molecule has 0 aliphatic carbocycles. The van der Waals surface area contributed by atoms with E-state index in [1.54, 1.807) is 21.0 Å². The van der Waals surface area contributed by atoms with Gasteiger partial charge in [-0.3, -0.25) is 14.4 Å². The largest absolute Gasteiger partial charge is 0.355 e. The van der Waals surface area contributed by atoms with Crippen molar-refractivity contribution in [2.75, 3.05) is 33.7 Å². The molecule has 2 aromatic rings. The summed E-state index contributed by atoms with van der Waals surface area (Å²) < 4.78 is 5.17. The maximum Gasteiger partial charge on any atom is 0.273 e. The molecule has 0 aliphatic rings. The first-order chi connectivity index (χ1) is 12.4. The van der Waals surface area contributed by atoms with E-state index in [9.17, 15) is 14.4 Å². The maximum atomic E-state index is 12.2. The number of hydrogen-bond donors (Lipinski definition) is 1. The van der Waals surface area contributed by atoms with Gasteiger partial charge in [-0.1, -0.05) is 35.5 Å². The summed E-state index contributed by atoms with van der Waals surface area (Å²) in [6, 6.07) is 10.8. The summed E-state index contributed by atoms with van der Waals surface area (Å²) in [4.78, 5) is 38.9. The predicted molar refractivity (Wildman–Crippen MR) is 95.2 cm³/mol. The normalized spacial score (nSPS) is 10.3. The highest BCUT2D eigenvalue weighted by atomic mass is 16.5. The first kappa shape index (κ1) is 19.2. The highest BCUT2D eigenvalue weighted by molar-refractivity contribution is 5.96. The second-order valence-corrected chi connectivity index (χ2v) is 5.82. The molecule has 1 heterocycles. The van der Waals surface area contributed by atoms with E-state index in [4.69, 9.17) is 4.52 Å². The minimum Gasteiger partial charge on any atom is -0.355 e. The van der Waals surface area contributed by atoms with Crippen LogP contribution in [0.2, 0.25) is 0 Å². The fraction of sp³-hybridized carbons (Fsp3) is 0.333. The van der Waals surface area contributed by atoms with E-state index in [-0.39, 0.29) is 30.6 Å². The zero-order valence-electron chi connectivity index (χ0n) is 15.1. The fourth-order valence-corrected chi connectivity index (χ4v) is 2.16. The Morgan fingerprint density at radius 3 is 2.42 bits per heavy atom. The molecule has 2 rings (SSSR count). The van der Waals surface area contributed by atoms with Crippen molar-refractivity contribution in [3.8, 4) is 11.3 Å². The predicted octanol–water partition coefficient (Wildman–Crippen LogP) is 1.01. The summed E-state index contributed by atoms with van der Waals surface area (Å²) in [5.41, 5.74) is 0.888. The molecule has 26 heavy (non-hydrogen) atoms. The topological polar surface area (TPSA) is 95.8 Å². The second kappa shape index (κ2) is 8.80. The quantitative estimate of drug-likeness (QED) is 0.797. The van der Waals surface area contributed by atoms with Crippen molar-refractivity contribution < 1.29 is 18.9 Å². The van der Waals surface area contributed by atoms with Gasteiger partial charge in [-0.05, 0) is 6.92 Å². The van der Waals surface area contributed by atoms with Crippen LogP contribution in [0, 0.1) is 0 Å². The molecule has 0 aliphatic heterocycles. The lowest BCUT2D eigenvalue weighted by Crippen LogP contribution is -2.44. The van der Waals surface area contributed by atoms with Crippen molar-refractivity contribution in [2.45, 2.75) is 6.92 Å². The molecular formula is C18H22N4O4. The van der Waals surface area contributed by atoms with Gasteiger partial charge in [0, 0.05) is 32.3 Å². The average Bonchev–Trinajstić information content (AvgIpc) is 3.14. The number of aromatic nitrogens is 1. The van der Waals surface area contributed by atoms with Gasteiger partial charge in [0.2, 0.25) is 11.8 Å². The molecular weight excluding hydrogens is 336 g/mol. The Balaban J connectivity index is 1.92. The number of carbonyl (C=O) groups is 3. The van der Waals surface area contributed by atoms with E-state index in [0.29, 0.717) is 12.3 Å². The van der Waals surface area contributed by atoms with Crippen molar-refractivity contribution in [3.05, 3.63) is 42.1 Å². The smallest absolute Gasteiger partial charge is 0.273 e. The van der Waals surface area contributed by atoms with Gasteiger partial charge in [0.25, 0.3) is 5.91 Å². The SMILES string of the molecule is CCN(CC(=O)N(C)C)C(=O)CNC(=O)c1cc(-c2ccccc2)on1. The second-order valence-electron chi connectivity index (χ2n) is 5.82. The number of carbonyl (C=O) groups excluding carboxylic acids is 3. The zero-order valence-corrected chi connectivity index (χ0v) is 15.1. The van der Waals surface area contributed by atoms with Gasteiger partial charge in [0.05, 0.1) is 13.1 Å². The summed E-state index contributed by atoms with van der Waals surface area (Å²) in [7, 11) is 3.24. The minimum absolute atomic E-state index is 0.0275. The summed E-state index contributed by atoms with van der Waals surface area (Å²) in [5.74, 6) is -0.577. The summed E-state index contributed by atoms with van der Waals surface area (Å²) >= 11 is 0. The molecule has 0 spiro atoms. The Labute approximate surface area is 151 Å². The summed E-state index contributed by atoms with van der Waals surface area (Å²) in [6.45, 7) is 1.89. The first-order valence-electron chi connectivity index (χ1n) is 8.20. The monoisotopic (exact) mass is 358 g/mol. The van der Waals surface area contributed by atoms with E-state index in [2.05, 4.69) is 10.5 Å². The molecule has 1 N–H and O–H groups in total. The zero-order chi connectivity index (χ0) is 19.1. The molecule has 0 saturated carbocycles. The van der Waals surface area contributed by atoms with Crippen LogP contribution >= 0.6 is 0 Å². The number of benzene rings is 1. The van der Waals surface area contributed by atoms with Gasteiger partial charge in [-0.25, -0.2) is 0 Å². The lowest BCUT2D eigenvalue weighted by Gasteiger charge is -2.22. The van der Waals surface area contributed by atoms with E-state index in [1.807, 2.05) is 30.3 Å². The van der Waals surface area contributed by atoms with Gasteiger partial charge in [0.15, 0.2) is 11.5 Å². The molecule has 1 aromatic carbocycles. The standard InChI is InChI=1S/C18H22N4O4/c1-4-22(12-17(24)21(2)3)16(23)11-19-18(25)14-10-15(26-20-14)13-8-6-5-7-9-13/h5-10H,4,11-12H2,1-3H3,(H,19,25). The van der Waals surface area contributed by atoms with Crippen LogP contribution in [0.3, 0.4) is 0 Å². The number of rotatable bonds is 7. The van der Waals surface area contributed by atoms with Crippen molar-refractivity contribution >= 4 is 17.7 Å². The number of nitrogens with zero attached hydrogens (tertiary/aromatic N) is 3. The van der Waals surface area contributed by atoms with Gasteiger partial charge in [-0.15, -0.1) is 0 Å². The van der Waals surface area contributed by atoms with Crippen LogP contribution in [0.15, 0.2) is 40.9 Å². The Hall–Kier alpha value is -3.16. The molecule has 8 nitrogen and oxygen atoms in total. The average molecular weight is 358 g/mol. The van der Waals surface area contributed by atoms with Crippen LogP contribution in [0.1, 0.15) is 17.4 Å². The molecule has 0 radical (unpaired) electrons. The number of likely N-dealkylation sites (N-methyl/N-ethyl adjacent to an activating group) is 2. The van der Waals surface area contributed by atoms with Crippen LogP contribution in [-0.4, -0.2) is 66.4 Å². The summed E-state index contributed by atoms with van der Waals surface area (Å²) in [6.07, 6.45) is 0. The molecule has 0 atom stereocenters. The Bertz CT molecular complexity index is 771. The van der Waals surface area contributed by atoms with Crippen molar-refractivity contribution in [1.29, 1.82) is 0 Å². The van der Waals surface area contributed by atoms with Gasteiger partial charge in [-0.2, -0.15) is 0 Å². The van der Waals surface area contributed by atoms with E-state index in [0.717, 1.165) is 5.56 Å². The van der Waals surface area contributed by atoms with Crippen LogP contribution < -0.4 is 5.32 Å². The first-order valence-corrected chi connectivity index (χ1v) is 8.20. The van der Waals surface area contributed by atoms with E-state index in [1.165, 1.54) is 15.9 Å². The molecule has 0 fully saturated rings.